The molecule has 0 radical (unpaired) electrons. The predicted octanol–water partition coefficient (Wildman–Crippen LogP) is 3.56. The highest BCUT2D eigenvalue weighted by Gasteiger charge is 1.92. The van der Waals surface area contributed by atoms with E-state index < -0.39 is 0 Å². The molecule has 0 aliphatic heterocycles. The molecule has 0 aliphatic rings. The van der Waals surface area contributed by atoms with Gasteiger partial charge in [0.2, 0.25) is 0 Å². The van der Waals surface area contributed by atoms with Crippen LogP contribution < -0.4 is 0 Å². The highest BCUT2D eigenvalue weighted by molar-refractivity contribution is 6.33. The molecule has 0 aromatic heterocycles. The molecule has 1 aromatic rings. The zero-order chi connectivity index (χ0) is 10.9. The number of rotatable bonds is 3. The smallest absolute Gasteiger partial charge is 0.0997 e. The van der Waals surface area contributed by atoms with Gasteiger partial charge in [0.15, 0.2) is 0 Å². The van der Waals surface area contributed by atoms with Gasteiger partial charge in [0.05, 0.1) is 6.54 Å². The number of aliphatic imine (C=N–C) groups is 1. The molecule has 0 bridgehead atoms. The van der Waals surface area contributed by atoms with Gasteiger partial charge in [0, 0.05) is 23.2 Å². The van der Waals surface area contributed by atoms with Gasteiger partial charge >= 0.3 is 0 Å². The molecular weight excluding hydrogens is 206 g/mol. The summed E-state index contributed by atoms with van der Waals surface area (Å²) in [7, 11) is 0. The van der Waals surface area contributed by atoms with Crippen molar-refractivity contribution in [2.24, 2.45) is 4.99 Å². The maximum Gasteiger partial charge on any atom is 0.0997 e. The van der Waals surface area contributed by atoms with E-state index in [0.717, 1.165) is 23.4 Å². The molecule has 0 saturated carbocycles. The van der Waals surface area contributed by atoms with Crippen LogP contribution >= 0.6 is 11.6 Å². The van der Waals surface area contributed by atoms with Crippen LogP contribution in [0.3, 0.4) is 0 Å². The first-order valence-electron chi connectivity index (χ1n) is 5.04. The summed E-state index contributed by atoms with van der Waals surface area (Å²) in [5.74, 6) is 6.02. The third-order valence-electron chi connectivity index (χ3n) is 1.81. The van der Waals surface area contributed by atoms with Gasteiger partial charge in [-0.1, -0.05) is 42.6 Å². The second-order valence-corrected chi connectivity index (χ2v) is 3.50. The van der Waals surface area contributed by atoms with E-state index in [4.69, 9.17) is 11.6 Å². The third-order valence-corrected chi connectivity index (χ3v) is 2.15. The van der Waals surface area contributed by atoms with Crippen molar-refractivity contribution in [1.29, 1.82) is 0 Å². The molecule has 0 spiro atoms. The molecule has 0 N–H and O–H groups in total. The fourth-order valence-electron chi connectivity index (χ4n) is 1.04. The van der Waals surface area contributed by atoms with E-state index in [0.29, 0.717) is 6.54 Å². The molecular formula is C13H14ClN. The van der Waals surface area contributed by atoms with Crippen molar-refractivity contribution in [2.45, 2.75) is 19.8 Å². The summed E-state index contributed by atoms with van der Waals surface area (Å²) in [6.45, 7) is 2.66. The van der Waals surface area contributed by atoms with E-state index in [2.05, 4.69) is 23.8 Å². The largest absolute Gasteiger partial charge is 0.280 e. The topological polar surface area (TPSA) is 12.4 Å². The summed E-state index contributed by atoms with van der Waals surface area (Å²) in [6, 6.07) is 7.63. The van der Waals surface area contributed by atoms with Gasteiger partial charge in [0.25, 0.3) is 0 Å². The van der Waals surface area contributed by atoms with Crippen LogP contribution in [0.5, 0.6) is 0 Å². The number of benzene rings is 1. The maximum absolute atomic E-state index is 5.96. The Labute approximate surface area is 96.2 Å². The van der Waals surface area contributed by atoms with Gasteiger partial charge in [-0.2, -0.15) is 0 Å². The molecule has 78 valence electrons. The van der Waals surface area contributed by atoms with E-state index in [1.54, 1.807) is 6.21 Å². The summed E-state index contributed by atoms with van der Waals surface area (Å²) in [4.78, 5) is 4.19. The van der Waals surface area contributed by atoms with Crippen LogP contribution in [0, 0.1) is 11.8 Å². The summed E-state index contributed by atoms with van der Waals surface area (Å²) >= 11 is 5.96. The Morgan fingerprint density at radius 1 is 1.33 bits per heavy atom. The van der Waals surface area contributed by atoms with Crippen LogP contribution in [0.15, 0.2) is 29.3 Å². The number of nitrogens with zero attached hydrogens (tertiary/aromatic N) is 1. The Kier molecular flexibility index (Phi) is 5.58. The summed E-state index contributed by atoms with van der Waals surface area (Å²) in [5.41, 5.74) is 0.941. The van der Waals surface area contributed by atoms with Gasteiger partial charge in [-0.3, -0.25) is 4.99 Å². The average Bonchev–Trinajstić information content (AvgIpc) is 2.25. The first-order valence-corrected chi connectivity index (χ1v) is 5.42. The van der Waals surface area contributed by atoms with Crippen LogP contribution in [0.25, 0.3) is 0 Å². The van der Waals surface area contributed by atoms with Gasteiger partial charge in [-0.05, 0) is 12.5 Å². The first kappa shape index (κ1) is 11.8. The van der Waals surface area contributed by atoms with Crippen LogP contribution in [-0.2, 0) is 0 Å². The lowest BCUT2D eigenvalue weighted by Crippen LogP contribution is -1.83. The van der Waals surface area contributed by atoms with E-state index in [1.807, 2.05) is 24.3 Å². The van der Waals surface area contributed by atoms with Crippen LogP contribution in [0.2, 0.25) is 5.02 Å². The second-order valence-electron chi connectivity index (χ2n) is 3.09. The standard InChI is InChI=1S/C13H14ClN/c1-2-3-4-7-10-15-11-12-8-5-6-9-13(12)14/h5-6,8-9,11H,2-3,10H2,1H3/b15-11+. The zero-order valence-electron chi connectivity index (χ0n) is 8.83. The molecule has 2 heteroatoms. The predicted molar refractivity (Wildman–Crippen MR) is 66.6 cm³/mol. The second kappa shape index (κ2) is 7.09. The molecule has 1 nitrogen and oxygen atoms in total. The van der Waals surface area contributed by atoms with Crippen molar-refractivity contribution >= 4 is 17.8 Å². The van der Waals surface area contributed by atoms with Gasteiger partial charge in [-0.25, -0.2) is 0 Å². The Morgan fingerprint density at radius 2 is 2.13 bits per heavy atom. The molecule has 1 aromatic carbocycles. The number of hydrogen-bond acceptors (Lipinski definition) is 1. The Morgan fingerprint density at radius 3 is 2.87 bits per heavy atom. The molecule has 0 aliphatic carbocycles. The third kappa shape index (κ3) is 4.67. The van der Waals surface area contributed by atoms with Gasteiger partial charge in [-0.15, -0.1) is 5.92 Å². The van der Waals surface area contributed by atoms with Crippen molar-refractivity contribution in [3.05, 3.63) is 34.9 Å². The van der Waals surface area contributed by atoms with Crippen molar-refractivity contribution < 1.29 is 0 Å². The SMILES string of the molecule is CCCC#CC/N=C/c1ccccc1Cl. The molecule has 0 unspecified atom stereocenters. The molecule has 0 atom stereocenters. The number of unbranched alkanes of at least 4 members (excludes halogenated alkanes) is 1. The maximum atomic E-state index is 5.96. The monoisotopic (exact) mass is 219 g/mol. The fourth-order valence-corrected chi connectivity index (χ4v) is 1.22. The summed E-state index contributed by atoms with van der Waals surface area (Å²) in [6.07, 6.45) is 3.81. The molecule has 1 rings (SSSR count). The Bertz CT molecular complexity index is 385. The molecule has 15 heavy (non-hydrogen) atoms. The Balaban J connectivity index is 2.46. The molecule has 0 amide bonds. The van der Waals surface area contributed by atoms with E-state index in [1.165, 1.54) is 0 Å². The molecule has 0 saturated heterocycles. The quantitative estimate of drug-likeness (QED) is 0.545. The van der Waals surface area contributed by atoms with Crippen LogP contribution in [0.1, 0.15) is 25.3 Å². The summed E-state index contributed by atoms with van der Waals surface area (Å²) < 4.78 is 0. The average molecular weight is 220 g/mol. The molecule has 0 fully saturated rings. The first-order chi connectivity index (χ1) is 7.34. The minimum absolute atomic E-state index is 0.547. The van der Waals surface area contributed by atoms with Crippen molar-refractivity contribution in [3.63, 3.8) is 0 Å². The van der Waals surface area contributed by atoms with Crippen molar-refractivity contribution in [1.82, 2.24) is 0 Å². The van der Waals surface area contributed by atoms with Crippen molar-refractivity contribution in [3.8, 4) is 11.8 Å². The highest BCUT2D eigenvalue weighted by Crippen LogP contribution is 2.12. The lowest BCUT2D eigenvalue weighted by atomic mass is 10.2. The van der Waals surface area contributed by atoms with Gasteiger partial charge in [0.1, 0.15) is 0 Å². The van der Waals surface area contributed by atoms with Crippen molar-refractivity contribution in [2.75, 3.05) is 6.54 Å². The Hall–Kier alpha value is -1.26. The minimum Gasteiger partial charge on any atom is -0.280 e. The lowest BCUT2D eigenvalue weighted by Gasteiger charge is -1.94. The van der Waals surface area contributed by atoms with E-state index in [9.17, 15) is 0 Å². The van der Waals surface area contributed by atoms with E-state index >= 15 is 0 Å². The van der Waals surface area contributed by atoms with Gasteiger partial charge < -0.3 is 0 Å². The minimum atomic E-state index is 0.547. The fraction of sp³-hybridized carbons (Fsp3) is 0.308. The molecule has 0 heterocycles. The zero-order valence-corrected chi connectivity index (χ0v) is 9.59. The van der Waals surface area contributed by atoms with Crippen LogP contribution in [-0.4, -0.2) is 12.8 Å². The normalized spacial score (nSPS) is 10.0. The lowest BCUT2D eigenvalue weighted by molar-refractivity contribution is 0.982. The summed E-state index contributed by atoms with van der Waals surface area (Å²) in [5, 5.41) is 0.725. The number of hydrogen-bond donors (Lipinski definition) is 0. The van der Waals surface area contributed by atoms with E-state index in [-0.39, 0.29) is 0 Å². The van der Waals surface area contributed by atoms with Crippen LogP contribution in [0.4, 0.5) is 0 Å². The highest BCUT2D eigenvalue weighted by atomic mass is 35.5. The number of halogens is 1.